The highest BCUT2D eigenvalue weighted by atomic mass is 35.5. The van der Waals surface area contributed by atoms with E-state index in [1.807, 2.05) is 17.5 Å². The lowest BCUT2D eigenvalue weighted by molar-refractivity contribution is 0.633. The van der Waals surface area contributed by atoms with Crippen molar-refractivity contribution in [2.24, 2.45) is 7.05 Å². The molecule has 28 heavy (non-hydrogen) atoms. The van der Waals surface area contributed by atoms with Crippen molar-refractivity contribution in [1.82, 2.24) is 15.0 Å². The molecule has 0 N–H and O–H groups in total. The number of aromatic nitrogens is 3. The molecular weight excluding hydrogens is 453 g/mol. The number of nitrogens with zero attached hydrogens (tertiary/aromatic N) is 3. The number of hydrogen-bond donors (Lipinski definition) is 0. The zero-order chi connectivity index (χ0) is 19.0. The molecule has 0 bridgehead atoms. The molecule has 0 aliphatic rings. The van der Waals surface area contributed by atoms with Gasteiger partial charge in [-0.2, -0.15) is 15.0 Å². The summed E-state index contributed by atoms with van der Waals surface area (Å²) >= 11 is 13.1. The van der Waals surface area contributed by atoms with Crippen molar-refractivity contribution in [3.05, 3.63) is 45.9 Å². The Morgan fingerprint density at radius 2 is 1.39 bits per heavy atom. The summed E-state index contributed by atoms with van der Waals surface area (Å²) in [5.74, 6) is -0.435. The highest BCUT2D eigenvalue weighted by Crippen LogP contribution is 2.48. The van der Waals surface area contributed by atoms with Gasteiger partial charge >= 0.3 is 0 Å². The van der Waals surface area contributed by atoms with E-state index in [1.54, 1.807) is 52.4 Å². The van der Waals surface area contributed by atoms with Crippen molar-refractivity contribution < 1.29 is 4.39 Å². The first-order chi connectivity index (χ1) is 13.6. The third kappa shape index (κ3) is 2.36. The largest absolute Gasteiger partial charge is 0.205 e. The second-order valence-electron chi connectivity index (χ2n) is 6.28. The van der Waals surface area contributed by atoms with Gasteiger partial charge in [-0.25, -0.2) is 4.39 Å². The van der Waals surface area contributed by atoms with Crippen molar-refractivity contribution in [2.75, 3.05) is 0 Å². The van der Waals surface area contributed by atoms with Crippen molar-refractivity contribution in [1.29, 1.82) is 0 Å². The summed E-state index contributed by atoms with van der Waals surface area (Å²) in [6.07, 6.45) is 0. The van der Waals surface area contributed by atoms with Gasteiger partial charge in [0.1, 0.15) is 11.0 Å². The Morgan fingerprint density at radius 3 is 1.96 bits per heavy atom. The van der Waals surface area contributed by atoms with Gasteiger partial charge in [0.2, 0.25) is 0 Å². The van der Waals surface area contributed by atoms with E-state index in [4.69, 9.17) is 11.6 Å². The summed E-state index contributed by atoms with van der Waals surface area (Å²) < 4.78 is 20.2. The second-order valence-corrected chi connectivity index (χ2v) is 10.7. The lowest BCUT2D eigenvalue weighted by Crippen LogP contribution is -1.91. The molecule has 0 unspecified atom stereocenters. The maximum atomic E-state index is 15.6. The molecule has 0 radical (unpaired) electrons. The van der Waals surface area contributed by atoms with Crippen LogP contribution in [-0.2, 0) is 7.05 Å². The van der Waals surface area contributed by atoms with Gasteiger partial charge in [-0.15, -0.1) is 45.3 Å². The Hall–Kier alpha value is -1.84. The molecule has 6 rings (SSSR count). The normalized spacial score (nSPS) is 12.1. The molecule has 9 heteroatoms. The first-order valence-electron chi connectivity index (χ1n) is 8.27. The van der Waals surface area contributed by atoms with Crippen LogP contribution in [0.2, 0.25) is 5.02 Å². The van der Waals surface area contributed by atoms with Gasteiger partial charge in [0, 0.05) is 41.2 Å². The Balaban J connectivity index is 1.70. The molecule has 0 fully saturated rings. The van der Waals surface area contributed by atoms with E-state index in [0.717, 1.165) is 28.6 Å². The molecule has 1 aromatic carbocycles. The van der Waals surface area contributed by atoms with Crippen LogP contribution in [0.15, 0.2) is 35.0 Å². The lowest BCUT2D eigenvalue weighted by atomic mass is 10.0. The van der Waals surface area contributed by atoms with Gasteiger partial charge in [-0.1, -0.05) is 11.6 Å². The van der Waals surface area contributed by atoms with E-state index < -0.39 is 5.82 Å². The monoisotopic (exact) mass is 461 g/mol. The predicted octanol–water partition coefficient (Wildman–Crippen LogP) is 7.65. The van der Waals surface area contributed by atoms with Crippen LogP contribution in [0.5, 0.6) is 0 Å². The van der Waals surface area contributed by atoms with Gasteiger partial charge in [-0.3, -0.25) is 0 Å². The molecule has 138 valence electrons. The highest BCUT2D eigenvalue weighted by Gasteiger charge is 2.26. The fourth-order valence-corrected chi connectivity index (χ4v) is 8.05. The average molecular weight is 462 g/mol. The standard InChI is InChI=1S/C19H9ClFN3S4/c1-24-22-18-14(12-6-10-8(27-12)2-4-25-10)16(20)17(21)15(19(18)23-24)13-7-11-9(28-13)3-5-26-11/h2-7H,1H3. The topological polar surface area (TPSA) is 30.7 Å². The summed E-state index contributed by atoms with van der Waals surface area (Å²) in [4.78, 5) is 3.22. The summed E-state index contributed by atoms with van der Waals surface area (Å²) in [6.45, 7) is 0. The third-order valence-corrected chi connectivity index (χ3v) is 9.17. The van der Waals surface area contributed by atoms with Gasteiger partial charge in [0.05, 0.1) is 10.6 Å². The van der Waals surface area contributed by atoms with Crippen LogP contribution in [0.4, 0.5) is 4.39 Å². The zero-order valence-corrected chi connectivity index (χ0v) is 18.2. The van der Waals surface area contributed by atoms with Crippen LogP contribution in [0, 0.1) is 5.82 Å². The average Bonchev–Trinajstić information content (AvgIpc) is 3.40. The predicted molar refractivity (Wildman–Crippen MR) is 121 cm³/mol. The number of aryl methyl sites for hydroxylation is 1. The zero-order valence-electron chi connectivity index (χ0n) is 14.2. The Labute approximate surface area is 179 Å². The van der Waals surface area contributed by atoms with Crippen molar-refractivity contribution in [3.8, 4) is 20.9 Å². The van der Waals surface area contributed by atoms with Crippen LogP contribution in [0.1, 0.15) is 0 Å². The number of fused-ring (bicyclic) bond motifs is 3. The second kappa shape index (κ2) is 6.08. The van der Waals surface area contributed by atoms with Gasteiger partial charge in [-0.05, 0) is 35.0 Å². The molecule has 0 saturated carbocycles. The SMILES string of the molecule is Cn1nc2c(-c3cc4sccc4s3)c(F)c(Cl)c(-c3cc4sccc4s3)c2n1. The van der Waals surface area contributed by atoms with Crippen LogP contribution in [-0.4, -0.2) is 15.0 Å². The molecular formula is C19H9ClFN3S4. The molecule has 0 spiro atoms. The fourth-order valence-electron chi connectivity index (χ4n) is 3.40. The van der Waals surface area contributed by atoms with E-state index in [2.05, 4.69) is 27.7 Å². The van der Waals surface area contributed by atoms with E-state index in [9.17, 15) is 0 Å². The van der Waals surface area contributed by atoms with E-state index >= 15 is 4.39 Å². The first-order valence-corrected chi connectivity index (χ1v) is 12.0. The summed E-state index contributed by atoms with van der Waals surface area (Å²) in [7, 11) is 1.75. The number of thiophene rings is 4. The fraction of sp³-hybridized carbons (Fsp3) is 0.0526. The number of halogens is 2. The lowest BCUT2D eigenvalue weighted by Gasteiger charge is -2.08. The van der Waals surface area contributed by atoms with Crippen LogP contribution in [0.3, 0.4) is 0 Å². The first kappa shape index (κ1) is 17.1. The third-order valence-electron chi connectivity index (χ3n) is 4.59. The minimum atomic E-state index is -0.435. The quantitative estimate of drug-likeness (QED) is 0.265. The van der Waals surface area contributed by atoms with Gasteiger partial charge in [0.15, 0.2) is 5.82 Å². The van der Waals surface area contributed by atoms with Crippen molar-refractivity contribution in [2.45, 2.75) is 0 Å². The van der Waals surface area contributed by atoms with Crippen LogP contribution >= 0.6 is 56.9 Å². The molecule has 0 aliphatic carbocycles. The summed E-state index contributed by atoms with van der Waals surface area (Å²) in [6, 6.07) is 8.18. The van der Waals surface area contributed by atoms with Crippen molar-refractivity contribution >= 4 is 86.8 Å². The molecule has 0 saturated heterocycles. The van der Waals surface area contributed by atoms with E-state index in [0.29, 0.717) is 22.2 Å². The number of benzene rings is 1. The minimum Gasteiger partial charge on any atom is -0.205 e. The molecule has 5 aromatic heterocycles. The van der Waals surface area contributed by atoms with Crippen LogP contribution in [0.25, 0.3) is 50.7 Å². The van der Waals surface area contributed by atoms with E-state index in [1.165, 1.54) is 4.80 Å². The van der Waals surface area contributed by atoms with Crippen LogP contribution < -0.4 is 0 Å². The molecule has 0 atom stereocenters. The molecule has 0 amide bonds. The molecule has 6 aromatic rings. The van der Waals surface area contributed by atoms with E-state index in [-0.39, 0.29) is 5.02 Å². The molecule has 0 aliphatic heterocycles. The number of rotatable bonds is 2. The smallest absolute Gasteiger partial charge is 0.153 e. The summed E-state index contributed by atoms with van der Waals surface area (Å²) in [5, 5.41) is 13.2. The van der Waals surface area contributed by atoms with Gasteiger partial charge in [0.25, 0.3) is 0 Å². The highest BCUT2D eigenvalue weighted by molar-refractivity contribution is 7.29. The Kier molecular flexibility index (Phi) is 3.70. The Morgan fingerprint density at radius 1 is 0.857 bits per heavy atom. The Bertz CT molecular complexity index is 1350. The molecule has 3 nitrogen and oxygen atoms in total. The maximum absolute atomic E-state index is 15.6. The maximum Gasteiger partial charge on any atom is 0.153 e. The molecule has 5 heterocycles. The minimum absolute atomic E-state index is 0.105. The van der Waals surface area contributed by atoms with Crippen molar-refractivity contribution in [3.63, 3.8) is 0 Å². The number of hydrogen-bond acceptors (Lipinski definition) is 6. The van der Waals surface area contributed by atoms with Gasteiger partial charge < -0.3 is 0 Å². The summed E-state index contributed by atoms with van der Waals surface area (Å²) in [5.41, 5.74) is 2.24.